The number of aliphatic imine (C=N–C) groups is 1. The molecular formula is C17H19N5O2. The molecule has 24 heavy (non-hydrogen) atoms. The van der Waals surface area contributed by atoms with Crippen LogP contribution in [0.15, 0.2) is 53.3 Å². The maximum absolute atomic E-state index is 12.4. The van der Waals surface area contributed by atoms with E-state index in [0.29, 0.717) is 28.3 Å². The average Bonchev–Trinajstić information content (AvgIpc) is 2.58. The van der Waals surface area contributed by atoms with Gasteiger partial charge in [0, 0.05) is 37.0 Å². The summed E-state index contributed by atoms with van der Waals surface area (Å²) in [5.41, 5.74) is 7.71. The normalized spacial score (nSPS) is 15.2. The molecule has 3 rings (SSSR count). The SMILES string of the molecule is CC(C)N1CC(C=Cc2c[n+]([O-])c3ccccc3[n+]2[O-])=CN=C1N. The molecule has 2 aromatic rings. The molecule has 1 aromatic carbocycles. The van der Waals surface area contributed by atoms with Crippen LogP contribution in [-0.4, -0.2) is 23.4 Å². The van der Waals surface area contributed by atoms with E-state index in [1.807, 2.05) is 18.7 Å². The molecule has 0 atom stereocenters. The van der Waals surface area contributed by atoms with E-state index in [1.165, 1.54) is 6.20 Å². The molecule has 0 saturated heterocycles. The van der Waals surface area contributed by atoms with Crippen molar-refractivity contribution in [2.24, 2.45) is 10.7 Å². The van der Waals surface area contributed by atoms with Crippen molar-refractivity contribution in [3.63, 3.8) is 0 Å². The molecule has 0 amide bonds. The molecule has 7 nitrogen and oxygen atoms in total. The van der Waals surface area contributed by atoms with Crippen LogP contribution in [0.3, 0.4) is 0 Å². The van der Waals surface area contributed by atoms with Gasteiger partial charge in [-0.25, -0.2) is 4.99 Å². The second-order valence-electron chi connectivity index (χ2n) is 5.91. The number of fused-ring (bicyclic) bond motifs is 1. The quantitative estimate of drug-likeness (QED) is 0.674. The fourth-order valence-electron chi connectivity index (χ4n) is 2.59. The highest BCUT2D eigenvalue weighted by Crippen LogP contribution is 2.13. The van der Waals surface area contributed by atoms with Crippen LogP contribution in [0.4, 0.5) is 0 Å². The van der Waals surface area contributed by atoms with Gasteiger partial charge >= 0.3 is 0 Å². The van der Waals surface area contributed by atoms with E-state index < -0.39 is 0 Å². The Morgan fingerprint density at radius 1 is 1.21 bits per heavy atom. The zero-order valence-corrected chi connectivity index (χ0v) is 13.6. The molecule has 124 valence electrons. The maximum atomic E-state index is 12.4. The van der Waals surface area contributed by atoms with Gasteiger partial charge in [-0.3, -0.25) is 0 Å². The van der Waals surface area contributed by atoms with Crippen molar-refractivity contribution in [3.8, 4) is 0 Å². The summed E-state index contributed by atoms with van der Waals surface area (Å²) in [4.78, 5) is 6.13. The van der Waals surface area contributed by atoms with E-state index in [0.717, 1.165) is 10.3 Å². The topological polar surface area (TPSA) is 95.5 Å². The smallest absolute Gasteiger partial charge is 0.290 e. The van der Waals surface area contributed by atoms with Crippen molar-refractivity contribution in [1.29, 1.82) is 0 Å². The summed E-state index contributed by atoms with van der Waals surface area (Å²) in [7, 11) is 0. The molecular weight excluding hydrogens is 306 g/mol. The van der Waals surface area contributed by atoms with Crippen LogP contribution in [0.5, 0.6) is 0 Å². The van der Waals surface area contributed by atoms with Crippen molar-refractivity contribution < 1.29 is 9.46 Å². The molecule has 0 bridgehead atoms. The van der Waals surface area contributed by atoms with E-state index in [2.05, 4.69) is 4.99 Å². The van der Waals surface area contributed by atoms with E-state index in [1.54, 1.807) is 42.6 Å². The van der Waals surface area contributed by atoms with Crippen LogP contribution < -0.4 is 15.2 Å². The van der Waals surface area contributed by atoms with E-state index in [9.17, 15) is 10.4 Å². The third kappa shape index (κ3) is 2.88. The Balaban J connectivity index is 1.93. The lowest BCUT2D eigenvalue weighted by atomic mass is 10.2. The van der Waals surface area contributed by atoms with Crippen molar-refractivity contribution in [1.82, 2.24) is 4.90 Å². The number of hydrogen-bond acceptors (Lipinski definition) is 5. The van der Waals surface area contributed by atoms with Crippen molar-refractivity contribution in [3.05, 3.63) is 64.4 Å². The van der Waals surface area contributed by atoms with Gasteiger partial charge in [-0.1, -0.05) is 12.1 Å². The molecule has 7 heteroatoms. The second kappa shape index (κ2) is 6.19. The summed E-state index contributed by atoms with van der Waals surface area (Å²) in [5, 5.41) is 24.5. The number of aromatic nitrogens is 2. The molecule has 1 aromatic heterocycles. The van der Waals surface area contributed by atoms with E-state index >= 15 is 0 Å². The van der Waals surface area contributed by atoms with Gasteiger partial charge in [0.15, 0.2) is 5.96 Å². The standard InChI is InChI=1S/C17H19N5O2/c1-12(2)20-10-13(9-19-17(20)18)7-8-14-11-21(23)15-5-3-4-6-16(15)22(14)24/h3-9,11-12H,10H2,1-2H3,(H2,18,19). The fraction of sp³-hybridized carbons (Fsp3) is 0.235. The summed E-state index contributed by atoms with van der Waals surface area (Å²) in [6.45, 7) is 4.67. The minimum Gasteiger partial charge on any atom is -0.618 e. The number of para-hydroxylation sites is 2. The van der Waals surface area contributed by atoms with Gasteiger partial charge in [0.05, 0.1) is 0 Å². The number of guanidine groups is 1. The summed E-state index contributed by atoms with van der Waals surface area (Å²) >= 11 is 0. The highest BCUT2D eigenvalue weighted by molar-refractivity contribution is 5.80. The Bertz CT molecular complexity index is 871. The van der Waals surface area contributed by atoms with Gasteiger partial charge in [0.2, 0.25) is 0 Å². The van der Waals surface area contributed by atoms with Crippen LogP contribution in [0, 0.1) is 10.4 Å². The van der Waals surface area contributed by atoms with E-state index in [4.69, 9.17) is 5.73 Å². The number of nitrogens with zero attached hydrogens (tertiary/aromatic N) is 4. The van der Waals surface area contributed by atoms with Crippen molar-refractivity contribution >= 4 is 23.1 Å². The average molecular weight is 325 g/mol. The number of rotatable bonds is 3. The first-order chi connectivity index (χ1) is 11.5. The molecule has 0 aliphatic carbocycles. The molecule has 1 aliphatic heterocycles. The fourth-order valence-corrected chi connectivity index (χ4v) is 2.59. The van der Waals surface area contributed by atoms with Crippen LogP contribution in [-0.2, 0) is 0 Å². The Labute approximate surface area is 139 Å². The molecule has 2 N–H and O–H groups in total. The first-order valence-corrected chi connectivity index (χ1v) is 7.69. The molecule has 0 fully saturated rings. The van der Waals surface area contributed by atoms with Gasteiger partial charge in [-0.2, -0.15) is 9.46 Å². The lowest BCUT2D eigenvalue weighted by Gasteiger charge is -2.30. The Morgan fingerprint density at radius 2 is 1.92 bits per heavy atom. The molecule has 0 spiro atoms. The maximum Gasteiger partial charge on any atom is 0.290 e. The molecule has 0 saturated carbocycles. The molecule has 0 radical (unpaired) electrons. The van der Waals surface area contributed by atoms with E-state index in [-0.39, 0.29) is 11.7 Å². The predicted molar refractivity (Wildman–Crippen MR) is 92.4 cm³/mol. The van der Waals surface area contributed by atoms with Gasteiger partial charge in [-0.05, 0) is 25.5 Å². The summed E-state index contributed by atoms with van der Waals surface area (Å²) in [6, 6.07) is 6.92. The highest BCUT2D eigenvalue weighted by Gasteiger charge is 2.18. The minimum absolute atomic E-state index is 0.222. The third-order valence-corrected chi connectivity index (χ3v) is 3.92. The van der Waals surface area contributed by atoms with Crippen LogP contribution in [0.25, 0.3) is 17.1 Å². The van der Waals surface area contributed by atoms with Crippen molar-refractivity contribution in [2.75, 3.05) is 6.54 Å². The van der Waals surface area contributed by atoms with Crippen LogP contribution in [0.1, 0.15) is 19.5 Å². The van der Waals surface area contributed by atoms with Gasteiger partial charge in [0.1, 0.15) is 0 Å². The summed E-state index contributed by atoms with van der Waals surface area (Å²) < 4.78 is 1.46. The first kappa shape index (κ1) is 15.8. The van der Waals surface area contributed by atoms with Gasteiger partial charge < -0.3 is 21.0 Å². The number of hydrogen-bond donors (Lipinski definition) is 1. The number of nitrogens with two attached hydrogens (primary N) is 1. The molecule has 2 heterocycles. The van der Waals surface area contributed by atoms with Crippen LogP contribution in [0.2, 0.25) is 0 Å². The summed E-state index contributed by atoms with van der Waals surface area (Å²) in [6.07, 6.45) is 6.35. The van der Waals surface area contributed by atoms with Crippen molar-refractivity contribution in [2.45, 2.75) is 19.9 Å². The lowest BCUT2D eigenvalue weighted by molar-refractivity contribution is -0.630. The first-order valence-electron chi connectivity index (χ1n) is 7.69. The lowest BCUT2D eigenvalue weighted by Crippen LogP contribution is -2.44. The monoisotopic (exact) mass is 325 g/mol. The predicted octanol–water partition coefficient (Wildman–Crippen LogP) is 1.04. The third-order valence-electron chi connectivity index (χ3n) is 3.92. The second-order valence-corrected chi connectivity index (χ2v) is 5.91. The van der Waals surface area contributed by atoms with Crippen LogP contribution >= 0.6 is 0 Å². The molecule has 1 aliphatic rings. The highest BCUT2D eigenvalue weighted by atomic mass is 16.5. The summed E-state index contributed by atoms with van der Waals surface area (Å²) in [5.74, 6) is 0.476. The molecule has 0 unspecified atom stereocenters. The largest absolute Gasteiger partial charge is 0.618 e. The van der Waals surface area contributed by atoms with Gasteiger partial charge in [-0.15, -0.1) is 0 Å². The Morgan fingerprint density at radius 3 is 2.62 bits per heavy atom. The minimum atomic E-state index is 0.222. The zero-order chi connectivity index (χ0) is 17.3. The number of benzene rings is 1. The zero-order valence-electron chi connectivity index (χ0n) is 13.6. The Hall–Kier alpha value is -3.09. The Kier molecular flexibility index (Phi) is 4.07. The van der Waals surface area contributed by atoms with Gasteiger partial charge in [0.25, 0.3) is 22.9 Å².